The number of hydrogen-bond acceptors (Lipinski definition) is 8. The van der Waals surface area contributed by atoms with Crippen molar-refractivity contribution in [1.29, 1.82) is 0 Å². The van der Waals surface area contributed by atoms with Crippen molar-refractivity contribution in [2.24, 2.45) is 23.1 Å². The minimum absolute atomic E-state index is 0.312. The lowest BCUT2D eigenvalue weighted by Crippen LogP contribution is -2.58. The molecule has 5 amide bonds. The normalized spacial score (nSPS) is 14.3. The zero-order valence-corrected chi connectivity index (χ0v) is 18.2. The molecule has 11 N–H and O–H groups in total. The maximum atomic E-state index is 12.7. The molecule has 0 saturated heterocycles. The summed E-state index contributed by atoms with van der Waals surface area (Å²) in [5, 5.41) is 24.5. The van der Waals surface area contributed by atoms with E-state index in [1.54, 1.807) is 0 Å². The Morgan fingerprint density at radius 2 is 1.27 bits per heavy atom. The Morgan fingerprint density at radius 3 is 1.70 bits per heavy atom. The van der Waals surface area contributed by atoms with Crippen molar-refractivity contribution in [3.05, 3.63) is 0 Å². The molecule has 15 heteroatoms. The Morgan fingerprint density at radius 1 is 0.758 bits per heavy atom. The van der Waals surface area contributed by atoms with Crippen LogP contribution in [0.4, 0.5) is 0 Å². The molecule has 0 fully saturated rings. The predicted molar refractivity (Wildman–Crippen MR) is 111 cm³/mol. The molecule has 0 radical (unpaired) electrons. The van der Waals surface area contributed by atoms with Crippen molar-refractivity contribution in [3.63, 3.8) is 0 Å². The summed E-state index contributed by atoms with van der Waals surface area (Å²) in [6.07, 6.45) is -2.14. The van der Waals surface area contributed by atoms with Gasteiger partial charge in [0.1, 0.15) is 18.1 Å². The van der Waals surface area contributed by atoms with E-state index < -0.39 is 84.4 Å². The van der Waals surface area contributed by atoms with Gasteiger partial charge in [0.2, 0.25) is 29.5 Å². The Hall–Kier alpha value is -3.75. The molecule has 0 aromatic heterocycles. The van der Waals surface area contributed by atoms with Gasteiger partial charge in [-0.1, -0.05) is 13.8 Å². The summed E-state index contributed by atoms with van der Waals surface area (Å²) in [5.74, 6) is -8.13. The molecular weight excluding hydrogens is 444 g/mol. The van der Waals surface area contributed by atoms with Crippen LogP contribution in [0.1, 0.15) is 39.5 Å². The molecule has 33 heavy (non-hydrogen) atoms. The Bertz CT molecular complexity index is 785. The number of amides is 5. The number of primary amides is 2. The first kappa shape index (κ1) is 29.2. The highest BCUT2D eigenvalue weighted by molar-refractivity contribution is 5.96. The third-order valence-corrected chi connectivity index (χ3v) is 4.31. The van der Waals surface area contributed by atoms with Gasteiger partial charge in [-0.05, 0) is 12.3 Å². The van der Waals surface area contributed by atoms with E-state index >= 15 is 0 Å². The summed E-state index contributed by atoms with van der Waals surface area (Å²) < 4.78 is 0. The summed E-state index contributed by atoms with van der Waals surface area (Å²) in [5.41, 5.74) is 15.6. The van der Waals surface area contributed by atoms with E-state index in [1.807, 2.05) is 0 Å². The van der Waals surface area contributed by atoms with Gasteiger partial charge < -0.3 is 43.4 Å². The van der Waals surface area contributed by atoms with Crippen LogP contribution in [0.5, 0.6) is 0 Å². The molecule has 0 heterocycles. The van der Waals surface area contributed by atoms with E-state index in [9.17, 15) is 38.7 Å². The fourth-order valence-electron chi connectivity index (χ4n) is 2.57. The van der Waals surface area contributed by atoms with Gasteiger partial charge in [0, 0.05) is 6.42 Å². The van der Waals surface area contributed by atoms with Gasteiger partial charge >= 0.3 is 11.9 Å². The van der Waals surface area contributed by atoms with Crippen LogP contribution in [0.2, 0.25) is 0 Å². The number of carbonyl (C=O) groups is 7. The highest BCUT2D eigenvalue weighted by Gasteiger charge is 2.32. The van der Waals surface area contributed by atoms with Crippen molar-refractivity contribution in [2.75, 3.05) is 0 Å². The largest absolute Gasteiger partial charge is 0.481 e. The third kappa shape index (κ3) is 11.4. The maximum Gasteiger partial charge on any atom is 0.326 e. The third-order valence-electron chi connectivity index (χ3n) is 4.31. The Balaban J connectivity index is 5.60. The zero-order valence-electron chi connectivity index (χ0n) is 18.2. The van der Waals surface area contributed by atoms with Gasteiger partial charge in [0.05, 0.1) is 18.9 Å². The second kappa shape index (κ2) is 13.6. The summed E-state index contributed by atoms with van der Waals surface area (Å²) >= 11 is 0. The second-order valence-corrected chi connectivity index (χ2v) is 7.57. The summed E-state index contributed by atoms with van der Waals surface area (Å²) in [4.78, 5) is 81.9. The van der Waals surface area contributed by atoms with Gasteiger partial charge in [0.25, 0.3) is 0 Å². The van der Waals surface area contributed by atoms with E-state index in [0.717, 1.165) is 0 Å². The number of carbonyl (C=O) groups excluding carboxylic acids is 5. The number of hydrogen-bond donors (Lipinski definition) is 8. The molecule has 186 valence electrons. The van der Waals surface area contributed by atoms with E-state index in [-0.39, 0.29) is 12.8 Å². The van der Waals surface area contributed by atoms with Gasteiger partial charge in [-0.15, -0.1) is 0 Å². The Kier molecular flexibility index (Phi) is 12.1. The molecule has 0 aliphatic heterocycles. The van der Waals surface area contributed by atoms with Crippen LogP contribution >= 0.6 is 0 Å². The first-order valence-corrected chi connectivity index (χ1v) is 9.83. The van der Waals surface area contributed by atoms with E-state index in [0.29, 0.717) is 0 Å². The second-order valence-electron chi connectivity index (χ2n) is 7.57. The van der Waals surface area contributed by atoms with Crippen LogP contribution in [0.15, 0.2) is 0 Å². The van der Waals surface area contributed by atoms with Crippen molar-refractivity contribution < 1.29 is 43.8 Å². The number of aliphatic carboxylic acids is 2. The molecule has 4 atom stereocenters. The van der Waals surface area contributed by atoms with Gasteiger partial charge in [-0.25, -0.2) is 4.79 Å². The fraction of sp³-hybridized carbons (Fsp3) is 0.611. The summed E-state index contributed by atoms with van der Waals surface area (Å²) in [6.45, 7) is 3.07. The lowest BCUT2D eigenvalue weighted by molar-refractivity contribution is -0.143. The van der Waals surface area contributed by atoms with Crippen LogP contribution in [0.25, 0.3) is 0 Å². The number of nitrogens with one attached hydrogen (secondary N) is 3. The SMILES string of the molecule is CC(C)C(NC(=O)C(CCC(N)=O)NC(=O)C(CC(N)=O)NC(=O)C(N)CC(=O)O)C(=O)O. The van der Waals surface area contributed by atoms with Crippen molar-refractivity contribution in [2.45, 2.75) is 63.7 Å². The molecule has 15 nitrogen and oxygen atoms in total. The summed E-state index contributed by atoms with van der Waals surface area (Å²) in [7, 11) is 0. The fourth-order valence-corrected chi connectivity index (χ4v) is 2.57. The molecule has 0 spiro atoms. The zero-order chi connectivity index (χ0) is 25.9. The molecule has 0 bridgehead atoms. The standard InChI is InChI=1S/C18H30N6O9/c1-7(2)14(18(32)33)24-16(30)9(3-4-11(20)25)22-17(31)10(6-12(21)26)23-15(29)8(19)5-13(27)28/h7-10,14H,3-6,19H2,1-2H3,(H2,20,25)(H2,21,26)(H,22,31)(H,23,29)(H,24,30)(H,27,28)(H,32,33). The van der Waals surface area contributed by atoms with Crippen molar-refractivity contribution in [3.8, 4) is 0 Å². The number of carboxylic acid groups (broad SMARTS) is 2. The highest BCUT2D eigenvalue weighted by atomic mass is 16.4. The lowest BCUT2D eigenvalue weighted by atomic mass is 10.0. The van der Waals surface area contributed by atoms with Crippen LogP contribution in [-0.2, 0) is 33.6 Å². The molecule has 0 rings (SSSR count). The number of rotatable bonds is 15. The quantitative estimate of drug-likeness (QED) is 0.114. The van der Waals surface area contributed by atoms with E-state index in [4.69, 9.17) is 22.3 Å². The molecule has 0 saturated carbocycles. The minimum atomic E-state index is -1.63. The molecular formula is C18H30N6O9. The molecule has 0 aliphatic carbocycles. The van der Waals surface area contributed by atoms with Crippen LogP contribution in [0, 0.1) is 5.92 Å². The average molecular weight is 474 g/mol. The monoisotopic (exact) mass is 474 g/mol. The molecule has 0 aromatic carbocycles. The molecule has 0 aliphatic rings. The number of carboxylic acids is 2. The average Bonchev–Trinajstić information content (AvgIpc) is 2.66. The predicted octanol–water partition coefficient (Wildman–Crippen LogP) is -3.88. The smallest absolute Gasteiger partial charge is 0.326 e. The van der Waals surface area contributed by atoms with Crippen LogP contribution in [-0.4, -0.2) is 75.9 Å². The lowest BCUT2D eigenvalue weighted by Gasteiger charge is -2.25. The topological polar surface area (TPSA) is 274 Å². The Labute approximate surface area is 188 Å². The van der Waals surface area contributed by atoms with Gasteiger partial charge in [-0.2, -0.15) is 0 Å². The van der Waals surface area contributed by atoms with E-state index in [1.165, 1.54) is 13.8 Å². The van der Waals surface area contributed by atoms with E-state index in [2.05, 4.69) is 16.0 Å². The first-order valence-electron chi connectivity index (χ1n) is 9.83. The molecule has 4 unspecified atom stereocenters. The van der Waals surface area contributed by atoms with Crippen molar-refractivity contribution in [1.82, 2.24) is 16.0 Å². The maximum absolute atomic E-state index is 12.7. The van der Waals surface area contributed by atoms with Crippen LogP contribution in [0.3, 0.4) is 0 Å². The highest BCUT2D eigenvalue weighted by Crippen LogP contribution is 2.06. The van der Waals surface area contributed by atoms with Crippen LogP contribution < -0.4 is 33.2 Å². The summed E-state index contributed by atoms with van der Waals surface area (Å²) in [6, 6.07) is -5.92. The molecule has 0 aromatic rings. The number of nitrogens with two attached hydrogens (primary N) is 3. The van der Waals surface area contributed by atoms with Crippen molar-refractivity contribution >= 4 is 41.5 Å². The first-order chi connectivity index (χ1) is 15.1. The van der Waals surface area contributed by atoms with Gasteiger partial charge in [-0.3, -0.25) is 28.8 Å². The minimum Gasteiger partial charge on any atom is -0.481 e. The van der Waals surface area contributed by atoms with Gasteiger partial charge in [0.15, 0.2) is 0 Å².